The van der Waals surface area contributed by atoms with Crippen molar-refractivity contribution in [3.05, 3.63) is 29.8 Å². The molecule has 1 aromatic rings. The maximum Gasteiger partial charge on any atom is 0.0833 e. The highest BCUT2D eigenvalue weighted by atomic mass is 14.6. The quantitative estimate of drug-likeness (QED) is 0.746. The Morgan fingerprint density at radius 1 is 1.18 bits per heavy atom. The molecule has 3 rings (SSSR count). The first-order valence-electron chi connectivity index (χ1n) is 6.45. The molecule has 0 amide bonds. The van der Waals surface area contributed by atoms with Crippen molar-refractivity contribution >= 4 is 5.69 Å². The Morgan fingerprint density at radius 2 is 1.88 bits per heavy atom. The molecule has 2 N–H and O–H groups in total. The largest absolute Gasteiger partial charge is 0.399 e. The molecule has 0 atom stereocenters. The number of benzene rings is 1. The van der Waals surface area contributed by atoms with E-state index >= 15 is 0 Å². The normalized spacial score (nSPS) is 24.2. The van der Waals surface area contributed by atoms with Crippen LogP contribution in [-0.4, -0.2) is 0 Å². The molecular weight excluding hydrogens is 208 g/mol. The van der Waals surface area contributed by atoms with Gasteiger partial charge in [0.1, 0.15) is 0 Å². The molecule has 2 fully saturated rings. The van der Waals surface area contributed by atoms with Gasteiger partial charge in [-0.25, -0.2) is 0 Å². The molecule has 2 aliphatic rings. The topological polar surface area (TPSA) is 49.8 Å². The summed E-state index contributed by atoms with van der Waals surface area (Å²) in [6, 6.07) is 10.4. The molecule has 1 aromatic carbocycles. The number of nitrogens with zero attached hydrogens (tertiary/aromatic N) is 1. The van der Waals surface area contributed by atoms with Gasteiger partial charge < -0.3 is 5.73 Å². The zero-order chi connectivity index (χ0) is 11.9. The van der Waals surface area contributed by atoms with Crippen molar-refractivity contribution in [3.63, 3.8) is 0 Å². The molecule has 2 nitrogen and oxygen atoms in total. The number of nitriles is 1. The lowest BCUT2D eigenvalue weighted by molar-refractivity contribution is 0.0648. The van der Waals surface area contributed by atoms with Gasteiger partial charge >= 0.3 is 0 Å². The van der Waals surface area contributed by atoms with Crippen LogP contribution in [0.1, 0.15) is 44.1 Å². The molecule has 0 unspecified atom stereocenters. The summed E-state index contributed by atoms with van der Waals surface area (Å²) in [5, 5.41) is 9.53. The van der Waals surface area contributed by atoms with E-state index in [-0.39, 0.29) is 5.41 Å². The summed E-state index contributed by atoms with van der Waals surface area (Å²) in [5.74, 6) is 0. The average molecular weight is 226 g/mol. The van der Waals surface area contributed by atoms with Crippen molar-refractivity contribution in [1.29, 1.82) is 5.26 Å². The van der Waals surface area contributed by atoms with Gasteiger partial charge in [-0.05, 0) is 48.8 Å². The Bertz CT molecular complexity index is 470. The first kappa shape index (κ1) is 10.7. The molecule has 0 saturated heterocycles. The third kappa shape index (κ3) is 1.53. The van der Waals surface area contributed by atoms with Crippen LogP contribution in [0.2, 0.25) is 0 Å². The molecule has 1 spiro atoms. The maximum atomic E-state index is 9.53. The van der Waals surface area contributed by atoms with Crippen LogP contribution in [0.5, 0.6) is 0 Å². The third-order valence-corrected chi connectivity index (χ3v) is 4.67. The average Bonchev–Trinajstić information content (AvgIpc) is 2.75. The molecule has 88 valence electrons. The number of nitrogen functional groups attached to an aromatic ring is 1. The van der Waals surface area contributed by atoms with E-state index < -0.39 is 0 Å². The SMILES string of the molecule is N#CC1(c2cccc(N)c2)CC2(CCCC2)C1. The lowest BCUT2D eigenvalue weighted by Crippen LogP contribution is -2.47. The predicted molar refractivity (Wildman–Crippen MR) is 68.3 cm³/mol. The van der Waals surface area contributed by atoms with Gasteiger partial charge in [0.05, 0.1) is 11.5 Å². The van der Waals surface area contributed by atoms with Crippen LogP contribution in [0, 0.1) is 16.7 Å². The smallest absolute Gasteiger partial charge is 0.0833 e. The van der Waals surface area contributed by atoms with Gasteiger partial charge in [0.2, 0.25) is 0 Å². The van der Waals surface area contributed by atoms with E-state index in [4.69, 9.17) is 5.73 Å². The Kier molecular flexibility index (Phi) is 2.19. The second-order valence-electron chi connectivity index (χ2n) is 5.88. The number of rotatable bonds is 1. The van der Waals surface area contributed by atoms with Gasteiger partial charge in [-0.1, -0.05) is 25.0 Å². The van der Waals surface area contributed by atoms with E-state index in [0.29, 0.717) is 5.41 Å². The molecule has 0 bridgehead atoms. The van der Waals surface area contributed by atoms with E-state index in [2.05, 4.69) is 12.1 Å². The van der Waals surface area contributed by atoms with E-state index in [0.717, 1.165) is 24.1 Å². The zero-order valence-corrected chi connectivity index (χ0v) is 10.1. The Balaban J connectivity index is 1.89. The van der Waals surface area contributed by atoms with Gasteiger partial charge in [-0.2, -0.15) is 5.26 Å². The summed E-state index contributed by atoms with van der Waals surface area (Å²) < 4.78 is 0. The second-order valence-corrected chi connectivity index (χ2v) is 5.88. The van der Waals surface area contributed by atoms with Crippen LogP contribution < -0.4 is 5.73 Å². The van der Waals surface area contributed by atoms with Crippen LogP contribution in [0.25, 0.3) is 0 Å². The fraction of sp³-hybridized carbons (Fsp3) is 0.533. The monoisotopic (exact) mass is 226 g/mol. The maximum absolute atomic E-state index is 9.53. The second kappa shape index (κ2) is 3.50. The van der Waals surface area contributed by atoms with Crippen LogP contribution in [0.4, 0.5) is 5.69 Å². The van der Waals surface area contributed by atoms with Crippen molar-refractivity contribution in [2.75, 3.05) is 5.73 Å². The molecular formula is C15H18N2. The first-order valence-corrected chi connectivity index (χ1v) is 6.45. The standard InChI is InChI=1S/C15H18N2/c16-11-15(12-4-3-5-13(17)8-12)9-14(10-15)6-1-2-7-14/h3-5,8H,1-2,6-7,9-10,17H2. The van der Waals surface area contributed by atoms with Crippen molar-refractivity contribution in [1.82, 2.24) is 0 Å². The van der Waals surface area contributed by atoms with Gasteiger partial charge in [-0.15, -0.1) is 0 Å². The third-order valence-electron chi connectivity index (χ3n) is 4.67. The predicted octanol–water partition coefficient (Wildman–Crippen LogP) is 3.38. The van der Waals surface area contributed by atoms with Gasteiger partial charge in [0.25, 0.3) is 0 Å². The minimum Gasteiger partial charge on any atom is -0.399 e. The Labute approximate surface area is 102 Å². The minimum atomic E-state index is -0.250. The molecule has 2 saturated carbocycles. The van der Waals surface area contributed by atoms with Crippen LogP contribution in [-0.2, 0) is 5.41 Å². The minimum absolute atomic E-state index is 0.250. The number of nitrogens with two attached hydrogens (primary N) is 1. The highest BCUT2D eigenvalue weighted by molar-refractivity contribution is 5.47. The molecule has 17 heavy (non-hydrogen) atoms. The van der Waals surface area contributed by atoms with Crippen LogP contribution in [0.3, 0.4) is 0 Å². The zero-order valence-electron chi connectivity index (χ0n) is 10.1. The fourth-order valence-corrected chi connectivity index (χ4v) is 3.89. The molecule has 0 aliphatic heterocycles. The number of anilines is 1. The van der Waals surface area contributed by atoms with E-state index in [1.807, 2.05) is 18.2 Å². The first-order chi connectivity index (χ1) is 8.18. The fourth-order valence-electron chi connectivity index (χ4n) is 3.89. The molecule has 2 aliphatic carbocycles. The molecule has 0 aromatic heterocycles. The van der Waals surface area contributed by atoms with Crippen molar-refractivity contribution in [3.8, 4) is 6.07 Å². The van der Waals surface area contributed by atoms with Crippen LogP contribution >= 0.6 is 0 Å². The summed E-state index contributed by atoms with van der Waals surface area (Å²) >= 11 is 0. The van der Waals surface area contributed by atoms with Crippen LogP contribution in [0.15, 0.2) is 24.3 Å². The highest BCUT2D eigenvalue weighted by Gasteiger charge is 2.56. The summed E-state index contributed by atoms with van der Waals surface area (Å²) in [6.07, 6.45) is 7.41. The van der Waals surface area contributed by atoms with Gasteiger partial charge in [0.15, 0.2) is 0 Å². The summed E-state index contributed by atoms with van der Waals surface area (Å²) in [5.41, 5.74) is 7.95. The molecule has 2 heteroatoms. The van der Waals surface area contributed by atoms with Crippen molar-refractivity contribution < 1.29 is 0 Å². The lowest BCUT2D eigenvalue weighted by Gasteiger charge is -2.51. The Morgan fingerprint density at radius 3 is 2.47 bits per heavy atom. The Hall–Kier alpha value is -1.49. The van der Waals surface area contributed by atoms with Crippen molar-refractivity contribution in [2.24, 2.45) is 5.41 Å². The summed E-state index contributed by atoms with van der Waals surface area (Å²) in [7, 11) is 0. The van der Waals surface area contributed by atoms with E-state index in [1.165, 1.54) is 25.7 Å². The van der Waals surface area contributed by atoms with E-state index in [1.54, 1.807) is 0 Å². The highest BCUT2D eigenvalue weighted by Crippen LogP contribution is 2.62. The number of hydrogen-bond acceptors (Lipinski definition) is 2. The molecule has 0 heterocycles. The molecule has 0 radical (unpaired) electrons. The van der Waals surface area contributed by atoms with Gasteiger partial charge in [0, 0.05) is 5.69 Å². The lowest BCUT2D eigenvalue weighted by atomic mass is 9.50. The number of hydrogen-bond donors (Lipinski definition) is 1. The van der Waals surface area contributed by atoms with E-state index in [9.17, 15) is 5.26 Å². The summed E-state index contributed by atoms with van der Waals surface area (Å²) in [4.78, 5) is 0. The summed E-state index contributed by atoms with van der Waals surface area (Å²) in [6.45, 7) is 0. The van der Waals surface area contributed by atoms with Gasteiger partial charge in [-0.3, -0.25) is 0 Å². The van der Waals surface area contributed by atoms with Crippen molar-refractivity contribution in [2.45, 2.75) is 43.9 Å².